The summed E-state index contributed by atoms with van der Waals surface area (Å²) in [5, 5.41) is 14.9. The lowest BCUT2D eigenvalue weighted by Gasteiger charge is -2.07. The minimum Gasteiger partial charge on any atom is -0.415 e. The number of hydrogen-bond acceptors (Lipinski definition) is 6. The lowest BCUT2D eigenvalue weighted by atomic mass is 10.1. The van der Waals surface area contributed by atoms with Crippen molar-refractivity contribution in [3.05, 3.63) is 64.2 Å². The van der Waals surface area contributed by atoms with Gasteiger partial charge in [0.15, 0.2) is 0 Å². The minimum absolute atomic E-state index is 0.157. The van der Waals surface area contributed by atoms with Crippen LogP contribution in [0.15, 0.2) is 63.7 Å². The predicted molar refractivity (Wildman–Crippen MR) is 95.3 cm³/mol. The summed E-state index contributed by atoms with van der Waals surface area (Å²) in [7, 11) is 0. The van der Waals surface area contributed by atoms with Gasteiger partial charge in [0.05, 0.1) is 21.0 Å². The van der Waals surface area contributed by atoms with Crippen LogP contribution in [-0.2, 0) is 0 Å². The van der Waals surface area contributed by atoms with E-state index in [-0.39, 0.29) is 5.91 Å². The van der Waals surface area contributed by atoms with E-state index in [9.17, 15) is 4.79 Å². The first-order valence-electron chi connectivity index (χ1n) is 7.13. The number of thiophene rings is 2. The van der Waals surface area contributed by atoms with Crippen molar-refractivity contribution >= 4 is 34.3 Å². The molecule has 0 spiro atoms. The molecule has 4 rings (SSSR count). The highest BCUT2D eigenvalue weighted by atomic mass is 32.1. The molecular formula is C17H11N3O2S2. The van der Waals surface area contributed by atoms with Crippen molar-refractivity contribution in [3.8, 4) is 22.2 Å². The summed E-state index contributed by atoms with van der Waals surface area (Å²) >= 11 is 2.93. The molecule has 0 unspecified atom stereocenters. The quantitative estimate of drug-likeness (QED) is 0.573. The van der Waals surface area contributed by atoms with E-state index in [1.165, 1.54) is 22.7 Å². The molecule has 1 aromatic carbocycles. The van der Waals surface area contributed by atoms with Crippen LogP contribution < -0.4 is 5.32 Å². The van der Waals surface area contributed by atoms with Gasteiger partial charge in [-0.3, -0.25) is 4.79 Å². The van der Waals surface area contributed by atoms with E-state index in [1.807, 2.05) is 53.2 Å². The first-order chi connectivity index (χ1) is 11.8. The topological polar surface area (TPSA) is 68.0 Å². The van der Waals surface area contributed by atoms with Gasteiger partial charge in [-0.2, -0.15) is 0 Å². The van der Waals surface area contributed by atoms with Gasteiger partial charge in [-0.25, -0.2) is 0 Å². The van der Waals surface area contributed by atoms with Gasteiger partial charge in [0.2, 0.25) is 5.89 Å². The lowest BCUT2D eigenvalue weighted by Crippen LogP contribution is -2.10. The molecule has 7 heteroatoms. The highest BCUT2D eigenvalue weighted by Gasteiger charge is 2.16. The predicted octanol–water partition coefficient (Wildman–Crippen LogP) is 4.78. The number of carbonyl (C=O) groups excluding carboxylic acids is 1. The number of rotatable bonds is 4. The van der Waals surface area contributed by atoms with Gasteiger partial charge in [0, 0.05) is 0 Å². The normalized spacial score (nSPS) is 10.7. The molecular weight excluding hydrogens is 342 g/mol. The van der Waals surface area contributed by atoms with Crippen LogP contribution in [-0.4, -0.2) is 16.1 Å². The molecule has 0 bridgehead atoms. The molecule has 0 saturated carbocycles. The Labute approximate surface area is 145 Å². The van der Waals surface area contributed by atoms with Gasteiger partial charge in [-0.1, -0.05) is 24.3 Å². The zero-order valence-electron chi connectivity index (χ0n) is 12.3. The number of anilines is 1. The molecule has 0 atom stereocenters. The summed E-state index contributed by atoms with van der Waals surface area (Å²) in [6, 6.07) is 14.9. The average Bonchev–Trinajstić information content (AvgIpc) is 3.35. The monoisotopic (exact) mass is 353 g/mol. The van der Waals surface area contributed by atoms with Crippen LogP contribution >= 0.6 is 22.7 Å². The highest BCUT2D eigenvalue weighted by Crippen LogP contribution is 2.31. The molecule has 118 valence electrons. The van der Waals surface area contributed by atoms with Crippen molar-refractivity contribution in [1.82, 2.24) is 10.2 Å². The van der Waals surface area contributed by atoms with Crippen molar-refractivity contribution in [2.75, 3.05) is 5.32 Å². The second-order valence-electron chi connectivity index (χ2n) is 4.87. The second kappa shape index (κ2) is 6.38. The maximum absolute atomic E-state index is 12.3. The summed E-state index contributed by atoms with van der Waals surface area (Å²) < 4.78 is 5.77. The first-order valence-corrected chi connectivity index (χ1v) is 8.89. The summed E-state index contributed by atoms with van der Waals surface area (Å²) in [6.07, 6.45) is 0. The molecule has 5 nitrogen and oxygen atoms in total. The third-order valence-electron chi connectivity index (χ3n) is 3.31. The Morgan fingerprint density at radius 2 is 1.71 bits per heavy atom. The van der Waals surface area contributed by atoms with Crippen molar-refractivity contribution in [2.45, 2.75) is 0 Å². The zero-order chi connectivity index (χ0) is 16.4. The van der Waals surface area contributed by atoms with Crippen LogP contribution in [0.3, 0.4) is 0 Å². The molecule has 0 aliphatic carbocycles. The van der Waals surface area contributed by atoms with Crippen LogP contribution in [0.2, 0.25) is 0 Å². The van der Waals surface area contributed by atoms with Gasteiger partial charge < -0.3 is 9.73 Å². The number of aromatic nitrogens is 2. The largest absolute Gasteiger partial charge is 0.415 e. The molecule has 0 fully saturated rings. The Morgan fingerprint density at radius 3 is 2.50 bits per heavy atom. The molecule has 0 aliphatic heterocycles. The van der Waals surface area contributed by atoms with Crippen LogP contribution in [0.1, 0.15) is 9.67 Å². The van der Waals surface area contributed by atoms with E-state index in [4.69, 9.17) is 4.42 Å². The number of amides is 1. The van der Waals surface area contributed by atoms with Crippen molar-refractivity contribution < 1.29 is 9.21 Å². The molecule has 3 heterocycles. The summed E-state index contributed by atoms with van der Waals surface area (Å²) in [4.78, 5) is 13.8. The maximum Gasteiger partial charge on any atom is 0.265 e. The Bertz CT molecular complexity index is 960. The number of nitrogens with zero attached hydrogens (tertiary/aromatic N) is 2. The minimum atomic E-state index is -0.157. The van der Waals surface area contributed by atoms with Gasteiger partial charge in [0.25, 0.3) is 11.8 Å². The van der Waals surface area contributed by atoms with E-state index in [1.54, 1.807) is 6.07 Å². The van der Waals surface area contributed by atoms with E-state index in [0.717, 1.165) is 4.88 Å². The Morgan fingerprint density at radius 1 is 0.917 bits per heavy atom. The molecule has 0 radical (unpaired) electrons. The zero-order valence-corrected chi connectivity index (χ0v) is 13.9. The smallest absolute Gasteiger partial charge is 0.265 e. The summed E-state index contributed by atoms with van der Waals surface area (Å²) in [5.74, 6) is 0.690. The lowest BCUT2D eigenvalue weighted by molar-refractivity contribution is 0.103. The molecule has 0 aliphatic rings. The van der Waals surface area contributed by atoms with E-state index in [2.05, 4.69) is 15.5 Å². The molecule has 0 saturated heterocycles. The molecule has 3 aromatic heterocycles. The third kappa shape index (κ3) is 2.86. The maximum atomic E-state index is 12.3. The van der Waals surface area contributed by atoms with E-state index < -0.39 is 0 Å². The van der Waals surface area contributed by atoms with Crippen LogP contribution in [0, 0.1) is 0 Å². The first kappa shape index (κ1) is 14.8. The fourth-order valence-electron chi connectivity index (χ4n) is 2.20. The molecule has 1 N–H and O–H groups in total. The van der Waals surface area contributed by atoms with Gasteiger partial charge >= 0.3 is 0 Å². The van der Waals surface area contributed by atoms with Gasteiger partial charge in [0.1, 0.15) is 0 Å². The third-order valence-corrected chi connectivity index (χ3v) is 5.03. The SMILES string of the molecule is O=C(Nc1ccccc1-c1nnc(-c2cccs2)o1)c1cccs1. The van der Waals surface area contributed by atoms with E-state index in [0.29, 0.717) is 27.9 Å². The van der Waals surface area contributed by atoms with Gasteiger partial charge in [-0.05, 0) is 35.0 Å². The van der Waals surface area contributed by atoms with Crippen LogP contribution in [0.4, 0.5) is 5.69 Å². The highest BCUT2D eigenvalue weighted by molar-refractivity contribution is 7.13. The Hall–Kier alpha value is -2.77. The molecule has 1 amide bonds. The number of carbonyl (C=O) groups is 1. The Kier molecular flexibility index (Phi) is 3.94. The summed E-state index contributed by atoms with van der Waals surface area (Å²) in [6.45, 7) is 0. The second-order valence-corrected chi connectivity index (χ2v) is 6.76. The van der Waals surface area contributed by atoms with Crippen LogP contribution in [0.5, 0.6) is 0 Å². The van der Waals surface area contributed by atoms with Gasteiger partial charge in [-0.15, -0.1) is 32.9 Å². The number of nitrogens with one attached hydrogen (secondary N) is 1. The van der Waals surface area contributed by atoms with Crippen molar-refractivity contribution in [2.24, 2.45) is 0 Å². The van der Waals surface area contributed by atoms with E-state index >= 15 is 0 Å². The van der Waals surface area contributed by atoms with Crippen molar-refractivity contribution in [1.29, 1.82) is 0 Å². The molecule has 24 heavy (non-hydrogen) atoms. The summed E-state index contributed by atoms with van der Waals surface area (Å²) in [5.41, 5.74) is 1.33. The number of para-hydroxylation sites is 1. The number of hydrogen-bond donors (Lipinski definition) is 1. The fraction of sp³-hybridized carbons (Fsp3) is 0. The Balaban J connectivity index is 1.66. The van der Waals surface area contributed by atoms with Crippen molar-refractivity contribution in [3.63, 3.8) is 0 Å². The fourth-order valence-corrected chi connectivity index (χ4v) is 3.47. The molecule has 4 aromatic rings. The number of benzene rings is 1. The van der Waals surface area contributed by atoms with Crippen LogP contribution in [0.25, 0.3) is 22.2 Å². The standard InChI is InChI=1S/C17H11N3O2S2/c21-15(13-7-3-9-23-13)18-12-6-2-1-5-11(12)16-19-20-17(22-16)14-8-4-10-24-14/h1-10H,(H,18,21). The average molecular weight is 353 g/mol.